The maximum Gasteiger partial charge on any atom is 0.473 e. The normalized spacial score (nSPS) is 11.8. The Labute approximate surface area is 61.5 Å². The molecule has 0 aliphatic carbocycles. The zero-order valence-corrected chi connectivity index (χ0v) is 6.03. The fraction of sp³-hybridized carbons (Fsp3) is 0.800. The number of carbonyl (C=O) groups is 1. The molecule has 0 unspecified atom stereocenters. The van der Waals surface area contributed by atoms with E-state index in [0.29, 0.717) is 0 Å². The highest BCUT2D eigenvalue weighted by Gasteiger charge is 2.39. The van der Waals surface area contributed by atoms with Crippen molar-refractivity contribution in [3.8, 4) is 0 Å². The largest absolute Gasteiger partial charge is 0.473 e. The third-order valence-corrected chi connectivity index (χ3v) is 0.645. The van der Waals surface area contributed by atoms with Crippen LogP contribution in [0.25, 0.3) is 0 Å². The van der Waals surface area contributed by atoms with Crippen LogP contribution in [0.1, 0.15) is 13.8 Å². The number of hydrogen-bond donors (Lipinski definition) is 1. The van der Waals surface area contributed by atoms with Crippen molar-refractivity contribution in [2.24, 2.45) is 0 Å². The minimum atomic E-state index is -4.88. The molecule has 0 aromatic rings. The predicted molar refractivity (Wildman–Crippen MR) is 30.4 cm³/mol. The van der Waals surface area contributed by atoms with E-state index >= 15 is 0 Å². The lowest BCUT2D eigenvalue weighted by molar-refractivity contribution is -0.188. The van der Waals surface area contributed by atoms with E-state index in [1.165, 1.54) is 19.3 Å². The van der Waals surface area contributed by atoms with Crippen molar-refractivity contribution in [2.75, 3.05) is 0 Å². The fourth-order valence-corrected chi connectivity index (χ4v) is 0.229. The van der Waals surface area contributed by atoms with Crippen molar-refractivity contribution >= 4 is 5.91 Å². The van der Waals surface area contributed by atoms with Crippen LogP contribution < -0.4 is 5.48 Å². The number of carbonyl (C=O) groups excluding carboxylic acids is 1. The molecule has 0 bridgehead atoms. The lowest BCUT2D eigenvalue weighted by atomic mass is 10.5. The molecule has 66 valence electrons. The minimum Gasteiger partial charge on any atom is -0.271 e. The van der Waals surface area contributed by atoms with Gasteiger partial charge in [-0.3, -0.25) is 9.63 Å². The van der Waals surface area contributed by atoms with Gasteiger partial charge in [0, 0.05) is 0 Å². The van der Waals surface area contributed by atoms with Gasteiger partial charge in [0.1, 0.15) is 0 Å². The molecule has 0 aromatic carbocycles. The SMILES string of the molecule is CC(C)ONC(=O)C(F)(F)F. The van der Waals surface area contributed by atoms with Gasteiger partial charge in [0.25, 0.3) is 0 Å². The van der Waals surface area contributed by atoms with Crippen LogP contribution in [0.2, 0.25) is 0 Å². The lowest BCUT2D eigenvalue weighted by Gasteiger charge is -2.09. The first-order valence-electron chi connectivity index (χ1n) is 2.87. The van der Waals surface area contributed by atoms with Crippen molar-refractivity contribution in [3.63, 3.8) is 0 Å². The quantitative estimate of drug-likeness (QED) is 0.629. The second-order valence-electron chi connectivity index (χ2n) is 2.10. The number of halogens is 3. The number of nitrogens with one attached hydrogen (secondary N) is 1. The van der Waals surface area contributed by atoms with Crippen LogP contribution in [0.5, 0.6) is 0 Å². The van der Waals surface area contributed by atoms with Crippen molar-refractivity contribution in [1.82, 2.24) is 5.48 Å². The van der Waals surface area contributed by atoms with Crippen molar-refractivity contribution in [1.29, 1.82) is 0 Å². The van der Waals surface area contributed by atoms with E-state index in [4.69, 9.17) is 0 Å². The summed E-state index contributed by atoms with van der Waals surface area (Å²) in [6, 6.07) is 0. The van der Waals surface area contributed by atoms with E-state index in [2.05, 4.69) is 4.84 Å². The van der Waals surface area contributed by atoms with E-state index in [1.54, 1.807) is 0 Å². The highest BCUT2D eigenvalue weighted by Crippen LogP contribution is 2.13. The Morgan fingerprint density at radius 3 is 2.18 bits per heavy atom. The minimum absolute atomic E-state index is 0.471. The topological polar surface area (TPSA) is 38.3 Å². The number of hydrogen-bond acceptors (Lipinski definition) is 2. The highest BCUT2D eigenvalue weighted by atomic mass is 19.4. The number of alkyl halides is 3. The molecular formula is C5H8F3NO2. The summed E-state index contributed by atoms with van der Waals surface area (Å²) < 4.78 is 34.2. The predicted octanol–water partition coefficient (Wildman–Crippen LogP) is 1.00. The van der Waals surface area contributed by atoms with Crippen molar-refractivity contribution in [3.05, 3.63) is 0 Å². The Kier molecular flexibility index (Phi) is 3.31. The molecule has 1 amide bonds. The molecule has 6 heteroatoms. The molecule has 0 radical (unpaired) electrons. The van der Waals surface area contributed by atoms with E-state index < -0.39 is 18.2 Å². The maximum absolute atomic E-state index is 11.4. The average Bonchev–Trinajstić information content (AvgIpc) is 1.80. The summed E-state index contributed by atoms with van der Waals surface area (Å²) in [6.45, 7) is 2.99. The average molecular weight is 171 g/mol. The molecule has 0 rings (SSSR count). The van der Waals surface area contributed by atoms with E-state index in [1.807, 2.05) is 0 Å². The molecule has 1 N–H and O–H groups in total. The van der Waals surface area contributed by atoms with Gasteiger partial charge in [0.15, 0.2) is 0 Å². The van der Waals surface area contributed by atoms with Crippen LogP contribution in [0.3, 0.4) is 0 Å². The monoisotopic (exact) mass is 171 g/mol. The first-order valence-corrected chi connectivity index (χ1v) is 2.87. The molecule has 0 aromatic heterocycles. The van der Waals surface area contributed by atoms with Crippen LogP contribution >= 0.6 is 0 Å². The van der Waals surface area contributed by atoms with Gasteiger partial charge in [-0.25, -0.2) is 5.48 Å². The Morgan fingerprint density at radius 1 is 1.45 bits per heavy atom. The smallest absolute Gasteiger partial charge is 0.271 e. The first-order chi connectivity index (χ1) is 4.84. The van der Waals surface area contributed by atoms with Gasteiger partial charge in [-0.2, -0.15) is 13.2 Å². The van der Waals surface area contributed by atoms with Crippen LogP contribution in [-0.4, -0.2) is 18.2 Å². The van der Waals surface area contributed by atoms with Gasteiger partial charge in [0.2, 0.25) is 0 Å². The highest BCUT2D eigenvalue weighted by molar-refractivity contribution is 5.80. The third-order valence-electron chi connectivity index (χ3n) is 0.645. The Morgan fingerprint density at radius 2 is 1.91 bits per heavy atom. The summed E-state index contributed by atoms with van der Waals surface area (Å²) in [5.74, 6) is -2.09. The van der Waals surface area contributed by atoms with Gasteiger partial charge < -0.3 is 0 Å². The molecule has 3 nitrogen and oxygen atoms in total. The zero-order chi connectivity index (χ0) is 9.07. The third kappa shape index (κ3) is 4.60. The Hall–Kier alpha value is -0.780. The standard InChI is InChI=1S/C5H8F3NO2/c1-3(2)11-9-4(10)5(6,7)8/h3H,1-2H3,(H,9,10). The maximum atomic E-state index is 11.4. The molecule has 11 heavy (non-hydrogen) atoms. The molecule has 0 heterocycles. The molecular weight excluding hydrogens is 163 g/mol. The molecule has 0 aliphatic rings. The Balaban J connectivity index is 3.71. The zero-order valence-electron chi connectivity index (χ0n) is 6.03. The van der Waals surface area contributed by atoms with Gasteiger partial charge in [-0.15, -0.1) is 0 Å². The van der Waals surface area contributed by atoms with Gasteiger partial charge in [-0.1, -0.05) is 0 Å². The summed E-state index contributed by atoms with van der Waals surface area (Å²) in [5, 5.41) is 0. The van der Waals surface area contributed by atoms with E-state index in [0.717, 1.165) is 0 Å². The summed E-state index contributed by atoms with van der Waals surface area (Å²) >= 11 is 0. The van der Waals surface area contributed by atoms with Gasteiger partial charge >= 0.3 is 12.1 Å². The molecule has 0 aliphatic heterocycles. The van der Waals surface area contributed by atoms with E-state index in [-0.39, 0.29) is 0 Å². The summed E-state index contributed by atoms with van der Waals surface area (Å²) in [4.78, 5) is 14.2. The second kappa shape index (κ2) is 3.56. The molecule has 0 fully saturated rings. The van der Waals surface area contributed by atoms with Crippen LogP contribution in [-0.2, 0) is 9.63 Å². The Bertz CT molecular complexity index is 143. The first kappa shape index (κ1) is 10.2. The number of amides is 1. The lowest BCUT2D eigenvalue weighted by Crippen LogP contribution is -2.38. The van der Waals surface area contributed by atoms with Gasteiger partial charge in [-0.05, 0) is 13.8 Å². The van der Waals surface area contributed by atoms with E-state index in [9.17, 15) is 18.0 Å². The van der Waals surface area contributed by atoms with Crippen LogP contribution in [0.15, 0.2) is 0 Å². The van der Waals surface area contributed by atoms with Crippen molar-refractivity contribution < 1.29 is 22.8 Å². The fourth-order valence-electron chi connectivity index (χ4n) is 0.229. The number of hydroxylamine groups is 1. The second-order valence-corrected chi connectivity index (χ2v) is 2.10. The summed E-state index contributed by atoms with van der Waals surface area (Å²) in [5.41, 5.74) is 1.26. The van der Waals surface area contributed by atoms with Crippen LogP contribution in [0, 0.1) is 0 Å². The van der Waals surface area contributed by atoms with Crippen LogP contribution in [0.4, 0.5) is 13.2 Å². The molecule has 0 saturated heterocycles. The molecule has 0 atom stereocenters. The molecule has 0 saturated carbocycles. The summed E-state index contributed by atoms with van der Waals surface area (Å²) in [6.07, 6.45) is -5.35. The summed E-state index contributed by atoms with van der Waals surface area (Å²) in [7, 11) is 0. The van der Waals surface area contributed by atoms with Crippen molar-refractivity contribution in [2.45, 2.75) is 26.1 Å². The molecule has 0 spiro atoms. The van der Waals surface area contributed by atoms with Gasteiger partial charge in [0.05, 0.1) is 6.10 Å². The number of rotatable bonds is 2.